The number of hydrogen-bond acceptors (Lipinski definition) is 4. The van der Waals surface area contributed by atoms with Gasteiger partial charge in [0, 0.05) is 26.2 Å². The molecular formula is C20H23FN2O4S. The predicted molar refractivity (Wildman–Crippen MR) is 103 cm³/mol. The van der Waals surface area contributed by atoms with Gasteiger partial charge >= 0.3 is 0 Å². The number of nitrogens with zero attached hydrogens (tertiary/aromatic N) is 2. The van der Waals surface area contributed by atoms with Gasteiger partial charge in [0.1, 0.15) is 0 Å². The Morgan fingerprint density at radius 1 is 1.07 bits per heavy atom. The molecule has 1 aliphatic rings. The van der Waals surface area contributed by atoms with Crippen LogP contribution in [0.1, 0.15) is 11.1 Å². The van der Waals surface area contributed by atoms with Crippen molar-refractivity contribution in [1.82, 2.24) is 9.21 Å². The number of ether oxygens (including phenoxy) is 1. The van der Waals surface area contributed by atoms with E-state index in [1.165, 1.54) is 21.3 Å². The van der Waals surface area contributed by atoms with Gasteiger partial charge in [-0.2, -0.15) is 4.31 Å². The minimum atomic E-state index is -3.60. The van der Waals surface area contributed by atoms with E-state index in [0.29, 0.717) is 10.5 Å². The molecule has 8 heteroatoms. The molecule has 2 aromatic carbocycles. The van der Waals surface area contributed by atoms with Crippen LogP contribution in [0.4, 0.5) is 4.39 Å². The number of piperazine rings is 1. The summed E-state index contributed by atoms with van der Waals surface area (Å²) < 4.78 is 46.0. The highest BCUT2D eigenvalue weighted by Gasteiger charge is 2.31. The molecule has 1 heterocycles. The summed E-state index contributed by atoms with van der Waals surface area (Å²) in [5.41, 5.74) is 1.71. The number of para-hydroxylation sites is 1. The van der Waals surface area contributed by atoms with Gasteiger partial charge in [-0.25, -0.2) is 12.8 Å². The van der Waals surface area contributed by atoms with Crippen molar-refractivity contribution in [3.8, 4) is 5.75 Å². The second kappa shape index (κ2) is 8.28. The number of rotatable bonds is 5. The molecule has 1 saturated heterocycles. The van der Waals surface area contributed by atoms with Crippen LogP contribution in [0.3, 0.4) is 0 Å². The first-order valence-electron chi connectivity index (χ1n) is 9.01. The van der Waals surface area contributed by atoms with E-state index >= 15 is 0 Å². The van der Waals surface area contributed by atoms with Crippen molar-refractivity contribution in [2.45, 2.75) is 18.7 Å². The Bertz CT molecular complexity index is 970. The summed E-state index contributed by atoms with van der Waals surface area (Å²) in [7, 11) is -3.60. The van der Waals surface area contributed by atoms with Crippen LogP contribution in [0.15, 0.2) is 47.4 Å². The van der Waals surface area contributed by atoms with Gasteiger partial charge in [0.25, 0.3) is 5.91 Å². The lowest BCUT2D eigenvalue weighted by Gasteiger charge is -2.34. The maximum atomic E-state index is 13.6. The molecule has 1 fully saturated rings. The van der Waals surface area contributed by atoms with Gasteiger partial charge in [-0.15, -0.1) is 0 Å². The fourth-order valence-corrected chi connectivity index (χ4v) is 4.83. The van der Waals surface area contributed by atoms with Crippen molar-refractivity contribution in [3.05, 3.63) is 59.4 Å². The Kier molecular flexibility index (Phi) is 6.00. The molecule has 1 aliphatic heterocycles. The van der Waals surface area contributed by atoms with Crippen LogP contribution in [0, 0.1) is 19.7 Å². The summed E-state index contributed by atoms with van der Waals surface area (Å²) >= 11 is 0. The highest BCUT2D eigenvalue weighted by atomic mass is 32.2. The molecule has 0 radical (unpaired) electrons. The molecule has 0 aliphatic carbocycles. The second-order valence-electron chi connectivity index (χ2n) is 6.77. The number of sulfonamides is 1. The smallest absolute Gasteiger partial charge is 0.260 e. The van der Waals surface area contributed by atoms with Crippen molar-refractivity contribution >= 4 is 15.9 Å². The minimum Gasteiger partial charge on any atom is -0.481 e. The Labute approximate surface area is 164 Å². The first-order chi connectivity index (χ1) is 13.3. The van der Waals surface area contributed by atoms with Crippen LogP contribution in [0.5, 0.6) is 5.75 Å². The molecule has 0 N–H and O–H groups in total. The summed E-state index contributed by atoms with van der Waals surface area (Å²) in [5.74, 6) is -0.807. The van der Waals surface area contributed by atoms with Gasteiger partial charge in [-0.3, -0.25) is 4.79 Å². The molecule has 1 amide bonds. The normalized spacial score (nSPS) is 15.5. The van der Waals surface area contributed by atoms with Crippen molar-refractivity contribution in [2.75, 3.05) is 32.8 Å². The van der Waals surface area contributed by atoms with Gasteiger partial charge in [0.05, 0.1) is 4.90 Å². The maximum Gasteiger partial charge on any atom is 0.260 e. The summed E-state index contributed by atoms with van der Waals surface area (Å²) in [4.78, 5) is 14.1. The molecule has 0 aromatic heterocycles. The number of benzene rings is 2. The molecule has 2 aromatic rings. The monoisotopic (exact) mass is 406 g/mol. The molecule has 6 nitrogen and oxygen atoms in total. The number of amides is 1. The first-order valence-corrected chi connectivity index (χ1v) is 10.5. The fourth-order valence-electron chi connectivity index (χ4n) is 3.20. The van der Waals surface area contributed by atoms with E-state index < -0.39 is 15.8 Å². The third kappa shape index (κ3) is 4.34. The molecule has 150 valence electrons. The van der Waals surface area contributed by atoms with E-state index in [1.807, 2.05) is 13.0 Å². The third-order valence-electron chi connectivity index (χ3n) is 4.73. The number of halogens is 1. The number of hydrogen-bond donors (Lipinski definition) is 0. The average Bonchev–Trinajstić information content (AvgIpc) is 2.67. The highest BCUT2D eigenvalue weighted by molar-refractivity contribution is 7.89. The van der Waals surface area contributed by atoms with Crippen molar-refractivity contribution < 1.29 is 22.3 Å². The molecule has 0 saturated carbocycles. The van der Waals surface area contributed by atoms with Crippen LogP contribution in [-0.4, -0.2) is 56.3 Å². The van der Waals surface area contributed by atoms with Gasteiger partial charge in [0.15, 0.2) is 18.2 Å². The van der Waals surface area contributed by atoms with Crippen molar-refractivity contribution in [1.29, 1.82) is 0 Å². The number of aryl methyl sites for hydroxylation is 2. The van der Waals surface area contributed by atoms with Gasteiger partial charge in [0.2, 0.25) is 10.0 Å². The SMILES string of the molecule is Cc1ccc(S(=O)(=O)N2CCN(C(=O)COc3ccccc3F)CC2)c(C)c1. The molecule has 0 spiro atoms. The fraction of sp³-hybridized carbons (Fsp3) is 0.350. The topological polar surface area (TPSA) is 66.9 Å². The van der Waals surface area contributed by atoms with Crippen LogP contribution >= 0.6 is 0 Å². The quantitative estimate of drug-likeness (QED) is 0.765. The third-order valence-corrected chi connectivity index (χ3v) is 6.79. The Balaban J connectivity index is 1.59. The molecule has 0 atom stereocenters. The lowest BCUT2D eigenvalue weighted by Crippen LogP contribution is -2.51. The summed E-state index contributed by atoms with van der Waals surface area (Å²) in [6, 6.07) is 11.1. The van der Waals surface area contributed by atoms with Crippen LogP contribution in [0.2, 0.25) is 0 Å². The molecule has 3 rings (SSSR count). The molecular weight excluding hydrogens is 383 g/mol. The van der Waals surface area contributed by atoms with Gasteiger partial charge < -0.3 is 9.64 Å². The van der Waals surface area contributed by atoms with Crippen LogP contribution in [-0.2, 0) is 14.8 Å². The first kappa shape index (κ1) is 20.3. The zero-order valence-corrected chi connectivity index (χ0v) is 16.7. The van der Waals surface area contributed by atoms with Gasteiger partial charge in [-0.1, -0.05) is 29.8 Å². The standard InChI is InChI=1S/C20H23FN2O4S/c1-15-7-8-19(16(2)13-15)28(25,26)23-11-9-22(10-12-23)20(24)14-27-18-6-4-3-5-17(18)21/h3-8,13H,9-12,14H2,1-2H3. The largest absolute Gasteiger partial charge is 0.481 e. The number of carbonyl (C=O) groups excluding carboxylic acids is 1. The Morgan fingerprint density at radius 3 is 2.39 bits per heavy atom. The molecule has 0 unspecified atom stereocenters. The molecule has 28 heavy (non-hydrogen) atoms. The Morgan fingerprint density at radius 2 is 1.75 bits per heavy atom. The number of carbonyl (C=O) groups is 1. The predicted octanol–water partition coefficient (Wildman–Crippen LogP) is 2.35. The van der Waals surface area contributed by atoms with Crippen LogP contribution < -0.4 is 4.74 Å². The van der Waals surface area contributed by atoms with E-state index in [-0.39, 0.29) is 44.4 Å². The van der Waals surface area contributed by atoms with Gasteiger partial charge in [-0.05, 0) is 37.6 Å². The van der Waals surface area contributed by atoms with E-state index in [2.05, 4.69) is 0 Å². The summed E-state index contributed by atoms with van der Waals surface area (Å²) in [6.45, 7) is 4.36. The highest BCUT2D eigenvalue weighted by Crippen LogP contribution is 2.22. The van der Waals surface area contributed by atoms with Crippen LogP contribution in [0.25, 0.3) is 0 Å². The zero-order chi connectivity index (χ0) is 20.3. The molecule has 0 bridgehead atoms. The Hall–Kier alpha value is -2.45. The zero-order valence-electron chi connectivity index (χ0n) is 15.9. The lowest BCUT2D eigenvalue weighted by molar-refractivity contribution is -0.134. The van der Waals surface area contributed by atoms with E-state index in [1.54, 1.807) is 31.2 Å². The summed E-state index contributed by atoms with van der Waals surface area (Å²) in [5, 5.41) is 0. The van der Waals surface area contributed by atoms with E-state index in [0.717, 1.165) is 5.56 Å². The second-order valence-corrected chi connectivity index (χ2v) is 8.68. The van der Waals surface area contributed by atoms with E-state index in [4.69, 9.17) is 4.74 Å². The summed E-state index contributed by atoms with van der Waals surface area (Å²) in [6.07, 6.45) is 0. The maximum absolute atomic E-state index is 13.6. The lowest BCUT2D eigenvalue weighted by atomic mass is 10.2. The van der Waals surface area contributed by atoms with Crippen molar-refractivity contribution in [3.63, 3.8) is 0 Å². The minimum absolute atomic E-state index is 0.0203. The van der Waals surface area contributed by atoms with Crippen molar-refractivity contribution in [2.24, 2.45) is 0 Å². The van der Waals surface area contributed by atoms with E-state index in [9.17, 15) is 17.6 Å². The average molecular weight is 406 g/mol.